The number of carbonyl (C=O) groups excluding carboxylic acids is 1. The Balaban J connectivity index is 3.11. The third kappa shape index (κ3) is 3.15. The van der Waals surface area contributed by atoms with E-state index in [9.17, 15) is 18.0 Å². The van der Waals surface area contributed by atoms with Crippen LogP contribution in [0.2, 0.25) is 0 Å². The molecular formula is C7H7F3N4O. The molecule has 0 atom stereocenters. The zero-order valence-electron chi connectivity index (χ0n) is 7.88. The van der Waals surface area contributed by atoms with Gasteiger partial charge in [-0.15, -0.1) is 0 Å². The third-order valence-corrected chi connectivity index (χ3v) is 1.29. The van der Waals surface area contributed by atoms with Crippen LogP contribution in [0.25, 0.3) is 0 Å². The van der Waals surface area contributed by atoms with Crippen molar-refractivity contribution in [1.29, 1.82) is 0 Å². The van der Waals surface area contributed by atoms with Crippen molar-refractivity contribution in [2.45, 2.75) is 20.0 Å². The lowest BCUT2D eigenvalue weighted by atomic mass is 10.5. The molecule has 1 amide bonds. The van der Waals surface area contributed by atoms with E-state index in [1.165, 1.54) is 6.92 Å². The molecule has 1 N–H and O–H groups in total. The highest BCUT2D eigenvalue weighted by atomic mass is 19.4. The Kier molecular flexibility index (Phi) is 2.87. The molecular weight excluding hydrogens is 213 g/mol. The molecule has 0 spiro atoms. The highest BCUT2D eigenvalue weighted by Gasteiger charge is 2.35. The maximum Gasteiger partial charge on any atom is 0.451 e. The Morgan fingerprint density at radius 1 is 1.27 bits per heavy atom. The molecule has 0 saturated carbocycles. The van der Waals surface area contributed by atoms with Crippen molar-refractivity contribution in [3.05, 3.63) is 11.6 Å². The highest BCUT2D eigenvalue weighted by molar-refractivity contribution is 5.86. The van der Waals surface area contributed by atoms with E-state index >= 15 is 0 Å². The zero-order valence-corrected chi connectivity index (χ0v) is 7.88. The third-order valence-electron chi connectivity index (χ3n) is 1.29. The Hall–Kier alpha value is -1.73. The SMILES string of the molecule is CC(=O)Nc1nc(C)nc(C(F)(F)F)n1. The standard InChI is InChI=1S/C7H7F3N4O/c1-3-11-5(7(8,9)10)14-6(12-3)13-4(2)15/h1-2H3,(H,11,12,13,14,15). The Morgan fingerprint density at radius 3 is 2.33 bits per heavy atom. The van der Waals surface area contributed by atoms with E-state index in [2.05, 4.69) is 20.3 Å². The van der Waals surface area contributed by atoms with Gasteiger partial charge in [-0.2, -0.15) is 23.1 Å². The number of aromatic nitrogens is 3. The first-order valence-electron chi connectivity index (χ1n) is 3.86. The first-order chi connectivity index (χ1) is 6.79. The van der Waals surface area contributed by atoms with E-state index in [0.29, 0.717) is 0 Å². The summed E-state index contributed by atoms with van der Waals surface area (Å²) in [6.45, 7) is 2.43. The predicted molar refractivity (Wildman–Crippen MR) is 43.9 cm³/mol. The second-order valence-corrected chi connectivity index (χ2v) is 2.71. The van der Waals surface area contributed by atoms with Crippen molar-refractivity contribution < 1.29 is 18.0 Å². The lowest BCUT2D eigenvalue weighted by molar-refractivity contribution is -0.145. The van der Waals surface area contributed by atoms with Crippen molar-refractivity contribution in [2.24, 2.45) is 0 Å². The van der Waals surface area contributed by atoms with E-state index in [4.69, 9.17) is 0 Å². The summed E-state index contributed by atoms with van der Waals surface area (Å²) in [4.78, 5) is 20.3. The van der Waals surface area contributed by atoms with Crippen LogP contribution in [0.3, 0.4) is 0 Å². The summed E-state index contributed by atoms with van der Waals surface area (Å²) in [6, 6.07) is 0. The van der Waals surface area contributed by atoms with Crippen LogP contribution >= 0.6 is 0 Å². The normalized spacial score (nSPS) is 11.3. The molecule has 1 heterocycles. The van der Waals surface area contributed by atoms with Gasteiger partial charge in [0, 0.05) is 6.92 Å². The molecule has 5 nitrogen and oxygen atoms in total. The maximum absolute atomic E-state index is 12.2. The van der Waals surface area contributed by atoms with Crippen molar-refractivity contribution in [3.8, 4) is 0 Å². The summed E-state index contributed by atoms with van der Waals surface area (Å²) in [5, 5.41) is 2.06. The number of hydrogen-bond acceptors (Lipinski definition) is 4. The van der Waals surface area contributed by atoms with Crippen molar-refractivity contribution in [1.82, 2.24) is 15.0 Å². The van der Waals surface area contributed by atoms with Crippen LogP contribution in [0.15, 0.2) is 0 Å². The average Bonchev–Trinajstić information content (AvgIpc) is 1.99. The molecule has 1 aromatic heterocycles. The molecule has 0 fully saturated rings. The minimum absolute atomic E-state index is 0.110. The molecule has 82 valence electrons. The van der Waals surface area contributed by atoms with Gasteiger partial charge in [0.25, 0.3) is 0 Å². The Bertz CT molecular complexity index is 390. The first kappa shape index (κ1) is 11.3. The number of halogens is 3. The van der Waals surface area contributed by atoms with Gasteiger partial charge in [0.05, 0.1) is 0 Å². The lowest BCUT2D eigenvalue weighted by Crippen LogP contribution is -2.17. The van der Waals surface area contributed by atoms with Crippen molar-refractivity contribution in [2.75, 3.05) is 5.32 Å². The molecule has 0 bridgehead atoms. The van der Waals surface area contributed by atoms with Gasteiger partial charge < -0.3 is 0 Å². The van der Waals surface area contributed by atoms with E-state index in [1.54, 1.807) is 0 Å². The zero-order chi connectivity index (χ0) is 11.6. The molecule has 0 aliphatic rings. The minimum atomic E-state index is -4.65. The lowest BCUT2D eigenvalue weighted by Gasteiger charge is -2.07. The second-order valence-electron chi connectivity index (χ2n) is 2.71. The largest absolute Gasteiger partial charge is 0.451 e. The van der Waals surface area contributed by atoms with Gasteiger partial charge in [-0.3, -0.25) is 10.1 Å². The van der Waals surface area contributed by atoms with Crippen LogP contribution in [-0.4, -0.2) is 20.9 Å². The monoisotopic (exact) mass is 220 g/mol. The molecule has 0 saturated heterocycles. The molecule has 1 aromatic rings. The van der Waals surface area contributed by atoms with Crippen LogP contribution in [-0.2, 0) is 11.0 Å². The van der Waals surface area contributed by atoms with Crippen LogP contribution in [0.1, 0.15) is 18.6 Å². The summed E-state index contributed by atoms with van der Waals surface area (Å²) in [5.41, 5.74) is 0. The van der Waals surface area contributed by atoms with Crippen LogP contribution < -0.4 is 5.32 Å². The van der Waals surface area contributed by atoms with Crippen molar-refractivity contribution in [3.63, 3.8) is 0 Å². The minimum Gasteiger partial charge on any atom is -0.295 e. The average molecular weight is 220 g/mol. The smallest absolute Gasteiger partial charge is 0.295 e. The number of rotatable bonds is 1. The molecule has 0 aliphatic carbocycles. The summed E-state index contributed by atoms with van der Waals surface area (Å²) in [6.07, 6.45) is -4.65. The number of carbonyl (C=O) groups is 1. The summed E-state index contributed by atoms with van der Waals surface area (Å²) < 4.78 is 36.7. The number of amides is 1. The highest BCUT2D eigenvalue weighted by Crippen LogP contribution is 2.26. The van der Waals surface area contributed by atoms with Crippen LogP contribution in [0, 0.1) is 6.92 Å². The van der Waals surface area contributed by atoms with Gasteiger partial charge in [-0.1, -0.05) is 0 Å². The maximum atomic E-state index is 12.2. The summed E-state index contributed by atoms with van der Waals surface area (Å²) in [5.74, 6) is -2.38. The molecule has 0 unspecified atom stereocenters. The quantitative estimate of drug-likeness (QED) is 0.771. The van der Waals surface area contributed by atoms with E-state index in [1.807, 2.05) is 0 Å². The molecule has 0 aliphatic heterocycles. The number of hydrogen-bond donors (Lipinski definition) is 1. The first-order valence-corrected chi connectivity index (χ1v) is 3.86. The molecule has 0 aromatic carbocycles. The number of nitrogens with zero attached hydrogens (tertiary/aromatic N) is 3. The number of aryl methyl sites for hydroxylation is 1. The molecule has 0 radical (unpaired) electrons. The molecule has 8 heteroatoms. The van der Waals surface area contributed by atoms with Crippen LogP contribution in [0.4, 0.5) is 19.1 Å². The molecule has 1 rings (SSSR count). The Morgan fingerprint density at radius 2 is 1.87 bits per heavy atom. The summed E-state index contributed by atoms with van der Waals surface area (Å²) >= 11 is 0. The van der Waals surface area contributed by atoms with Gasteiger partial charge in [0.2, 0.25) is 17.7 Å². The summed E-state index contributed by atoms with van der Waals surface area (Å²) in [7, 11) is 0. The van der Waals surface area contributed by atoms with Gasteiger partial charge >= 0.3 is 6.18 Å². The van der Waals surface area contributed by atoms with E-state index in [0.717, 1.165) is 6.92 Å². The van der Waals surface area contributed by atoms with E-state index < -0.39 is 23.9 Å². The predicted octanol–water partition coefficient (Wildman–Crippen LogP) is 1.16. The van der Waals surface area contributed by atoms with Crippen molar-refractivity contribution >= 4 is 11.9 Å². The van der Waals surface area contributed by atoms with Gasteiger partial charge in [0.1, 0.15) is 5.82 Å². The van der Waals surface area contributed by atoms with E-state index in [-0.39, 0.29) is 5.82 Å². The number of nitrogens with one attached hydrogen (secondary N) is 1. The topological polar surface area (TPSA) is 67.8 Å². The van der Waals surface area contributed by atoms with Crippen LogP contribution in [0.5, 0.6) is 0 Å². The fourth-order valence-corrected chi connectivity index (χ4v) is 0.822. The van der Waals surface area contributed by atoms with Gasteiger partial charge in [-0.25, -0.2) is 4.98 Å². The second kappa shape index (κ2) is 3.79. The van der Waals surface area contributed by atoms with Gasteiger partial charge in [0.15, 0.2) is 0 Å². The fraction of sp³-hybridized carbons (Fsp3) is 0.429. The number of alkyl halides is 3. The Labute approximate surface area is 82.8 Å². The number of anilines is 1. The molecule has 15 heavy (non-hydrogen) atoms. The van der Waals surface area contributed by atoms with Gasteiger partial charge in [-0.05, 0) is 6.92 Å². The fourth-order valence-electron chi connectivity index (χ4n) is 0.822.